The molecule has 0 unspecified atom stereocenters. The van der Waals surface area contributed by atoms with Crippen molar-refractivity contribution in [3.63, 3.8) is 0 Å². The summed E-state index contributed by atoms with van der Waals surface area (Å²) in [5.41, 5.74) is 3.78. The summed E-state index contributed by atoms with van der Waals surface area (Å²) >= 11 is 0. The predicted octanol–water partition coefficient (Wildman–Crippen LogP) is 2.61. The smallest absolute Gasteiger partial charge is 0.336 e. The Hall–Kier alpha value is -1.65. The van der Waals surface area contributed by atoms with Crippen LogP contribution in [0.5, 0.6) is 0 Å². The molecule has 1 aromatic carbocycles. The number of nitrogens with zero attached hydrogens (tertiary/aromatic N) is 1. The van der Waals surface area contributed by atoms with E-state index in [1.54, 1.807) is 6.07 Å². The zero-order valence-electron chi connectivity index (χ0n) is 13.3. The molecule has 1 aliphatic rings. The summed E-state index contributed by atoms with van der Waals surface area (Å²) in [6, 6.07) is 5.69. The van der Waals surface area contributed by atoms with Gasteiger partial charge >= 0.3 is 5.63 Å². The lowest BCUT2D eigenvalue weighted by molar-refractivity contribution is 0.127. The molecule has 4 nitrogen and oxygen atoms in total. The summed E-state index contributed by atoms with van der Waals surface area (Å²) in [5, 5.41) is 10.3. The van der Waals surface area contributed by atoms with E-state index in [2.05, 4.69) is 17.9 Å². The average molecular weight is 301 g/mol. The zero-order chi connectivity index (χ0) is 15.7. The second-order valence-corrected chi connectivity index (χ2v) is 6.43. The summed E-state index contributed by atoms with van der Waals surface area (Å²) in [4.78, 5) is 14.2. The van der Waals surface area contributed by atoms with Crippen LogP contribution in [0, 0.1) is 19.8 Å². The van der Waals surface area contributed by atoms with Gasteiger partial charge in [-0.25, -0.2) is 4.79 Å². The Balaban J connectivity index is 1.90. The van der Waals surface area contributed by atoms with Gasteiger partial charge in [0.2, 0.25) is 0 Å². The first-order valence-electron chi connectivity index (χ1n) is 7.94. The van der Waals surface area contributed by atoms with E-state index in [1.807, 2.05) is 13.0 Å². The molecule has 22 heavy (non-hydrogen) atoms. The number of aliphatic hydroxyl groups excluding tert-OH is 1. The molecule has 1 aromatic heterocycles. The Bertz CT molecular complexity index is 727. The van der Waals surface area contributed by atoms with Crippen LogP contribution in [0.2, 0.25) is 0 Å². The molecule has 0 aliphatic carbocycles. The van der Waals surface area contributed by atoms with Crippen molar-refractivity contribution in [2.24, 2.45) is 5.92 Å². The number of hydrogen-bond acceptors (Lipinski definition) is 4. The molecule has 0 radical (unpaired) electrons. The topological polar surface area (TPSA) is 53.7 Å². The zero-order valence-corrected chi connectivity index (χ0v) is 13.3. The maximum atomic E-state index is 11.8. The third-order valence-corrected chi connectivity index (χ3v) is 4.80. The average Bonchev–Trinajstić information content (AvgIpc) is 2.50. The monoisotopic (exact) mass is 301 g/mol. The van der Waals surface area contributed by atoms with E-state index in [4.69, 9.17) is 4.42 Å². The van der Waals surface area contributed by atoms with Crippen molar-refractivity contribution in [2.45, 2.75) is 33.2 Å². The number of fused-ring (bicyclic) bond motifs is 1. The van der Waals surface area contributed by atoms with Crippen LogP contribution < -0.4 is 5.63 Å². The van der Waals surface area contributed by atoms with Gasteiger partial charge in [-0.05, 0) is 74.5 Å². The van der Waals surface area contributed by atoms with Crippen molar-refractivity contribution < 1.29 is 9.52 Å². The third kappa shape index (κ3) is 3.08. The summed E-state index contributed by atoms with van der Waals surface area (Å²) in [7, 11) is 0. The minimum Gasteiger partial charge on any atom is -0.423 e. The molecule has 1 aliphatic heterocycles. The number of piperidine rings is 1. The Morgan fingerprint density at radius 1 is 1.18 bits per heavy atom. The third-order valence-electron chi connectivity index (χ3n) is 4.80. The summed E-state index contributed by atoms with van der Waals surface area (Å²) < 4.78 is 5.35. The molecule has 3 rings (SSSR count). The van der Waals surface area contributed by atoms with E-state index in [0.717, 1.165) is 49.0 Å². The molecule has 1 fully saturated rings. The number of aryl methyl sites for hydroxylation is 2. The number of hydrogen-bond donors (Lipinski definition) is 1. The fraction of sp³-hybridized carbons (Fsp3) is 0.500. The molecule has 118 valence electrons. The van der Waals surface area contributed by atoms with Crippen molar-refractivity contribution in [3.8, 4) is 0 Å². The van der Waals surface area contributed by atoms with E-state index in [1.165, 1.54) is 5.56 Å². The van der Waals surface area contributed by atoms with Crippen LogP contribution >= 0.6 is 0 Å². The largest absolute Gasteiger partial charge is 0.423 e. The quantitative estimate of drug-likeness (QED) is 0.886. The highest BCUT2D eigenvalue weighted by molar-refractivity contribution is 5.81. The molecule has 1 N–H and O–H groups in total. The van der Waals surface area contributed by atoms with Crippen LogP contribution in [-0.2, 0) is 6.54 Å². The second kappa shape index (κ2) is 6.23. The molecule has 2 aromatic rings. The van der Waals surface area contributed by atoms with Crippen LogP contribution in [0.15, 0.2) is 27.4 Å². The minimum absolute atomic E-state index is 0.281. The molecule has 0 spiro atoms. The molecule has 4 heteroatoms. The van der Waals surface area contributed by atoms with Crippen LogP contribution in [0.4, 0.5) is 0 Å². The lowest BCUT2D eigenvalue weighted by atomic mass is 9.97. The van der Waals surface area contributed by atoms with Gasteiger partial charge in [-0.3, -0.25) is 4.90 Å². The molecule has 0 saturated carbocycles. The first kappa shape index (κ1) is 15.3. The van der Waals surface area contributed by atoms with Gasteiger partial charge in [0.05, 0.1) is 0 Å². The van der Waals surface area contributed by atoms with Crippen LogP contribution in [0.25, 0.3) is 11.0 Å². The van der Waals surface area contributed by atoms with Crippen LogP contribution in [0.3, 0.4) is 0 Å². The highest BCUT2D eigenvalue weighted by Gasteiger charge is 2.19. The van der Waals surface area contributed by atoms with Crippen molar-refractivity contribution in [1.82, 2.24) is 4.90 Å². The van der Waals surface area contributed by atoms with E-state index in [0.29, 0.717) is 11.5 Å². The number of rotatable bonds is 3. The molecule has 0 atom stereocenters. The SMILES string of the molecule is Cc1cc2oc(=O)cc(CN3CCC(CO)CC3)c2cc1C. The maximum absolute atomic E-state index is 11.8. The molecule has 1 saturated heterocycles. The fourth-order valence-electron chi connectivity index (χ4n) is 3.18. The standard InChI is InChI=1S/C18H23NO3/c1-12-7-16-15(9-18(21)22-17(16)8-13(12)2)10-19-5-3-14(11-20)4-6-19/h7-9,14,20H,3-6,10-11H2,1-2H3. The number of benzene rings is 1. The lowest BCUT2D eigenvalue weighted by Gasteiger charge is -2.31. The van der Waals surface area contributed by atoms with Gasteiger partial charge in [0.25, 0.3) is 0 Å². The van der Waals surface area contributed by atoms with Gasteiger partial charge in [0.15, 0.2) is 0 Å². The Morgan fingerprint density at radius 3 is 2.55 bits per heavy atom. The first-order valence-corrected chi connectivity index (χ1v) is 7.94. The van der Waals surface area contributed by atoms with E-state index in [-0.39, 0.29) is 12.2 Å². The molecular weight excluding hydrogens is 278 g/mol. The Labute approximate surface area is 130 Å². The van der Waals surface area contributed by atoms with Crippen molar-refractivity contribution >= 4 is 11.0 Å². The van der Waals surface area contributed by atoms with Gasteiger partial charge < -0.3 is 9.52 Å². The lowest BCUT2D eigenvalue weighted by Crippen LogP contribution is -2.34. The molecule has 2 heterocycles. The maximum Gasteiger partial charge on any atom is 0.336 e. The van der Waals surface area contributed by atoms with Gasteiger partial charge in [-0.15, -0.1) is 0 Å². The van der Waals surface area contributed by atoms with Gasteiger partial charge in [-0.1, -0.05) is 0 Å². The van der Waals surface area contributed by atoms with Crippen molar-refractivity contribution in [1.29, 1.82) is 0 Å². The molecule has 0 bridgehead atoms. The Morgan fingerprint density at radius 2 is 1.86 bits per heavy atom. The van der Waals surface area contributed by atoms with E-state index < -0.39 is 0 Å². The molecule has 0 amide bonds. The number of aliphatic hydroxyl groups is 1. The van der Waals surface area contributed by atoms with Crippen molar-refractivity contribution in [2.75, 3.05) is 19.7 Å². The minimum atomic E-state index is -0.281. The highest BCUT2D eigenvalue weighted by atomic mass is 16.4. The van der Waals surface area contributed by atoms with Crippen molar-refractivity contribution in [3.05, 3.63) is 45.3 Å². The Kier molecular flexibility index (Phi) is 4.32. The first-order chi connectivity index (χ1) is 10.6. The summed E-state index contributed by atoms with van der Waals surface area (Å²) in [6.07, 6.45) is 2.04. The van der Waals surface area contributed by atoms with Crippen LogP contribution in [-0.4, -0.2) is 29.7 Å². The normalized spacial score (nSPS) is 17.2. The van der Waals surface area contributed by atoms with Gasteiger partial charge in [0, 0.05) is 24.6 Å². The van der Waals surface area contributed by atoms with Crippen LogP contribution in [0.1, 0.15) is 29.5 Å². The highest BCUT2D eigenvalue weighted by Crippen LogP contribution is 2.24. The van der Waals surface area contributed by atoms with E-state index in [9.17, 15) is 9.90 Å². The van der Waals surface area contributed by atoms with Gasteiger partial charge in [0.1, 0.15) is 5.58 Å². The number of likely N-dealkylation sites (tertiary alicyclic amines) is 1. The van der Waals surface area contributed by atoms with E-state index >= 15 is 0 Å². The molecular formula is C18H23NO3. The summed E-state index contributed by atoms with van der Waals surface area (Å²) in [6.45, 7) is 7.10. The second-order valence-electron chi connectivity index (χ2n) is 6.43. The summed E-state index contributed by atoms with van der Waals surface area (Å²) in [5.74, 6) is 0.429. The fourth-order valence-corrected chi connectivity index (χ4v) is 3.18. The van der Waals surface area contributed by atoms with Gasteiger partial charge in [-0.2, -0.15) is 0 Å². The predicted molar refractivity (Wildman–Crippen MR) is 87.0 cm³/mol.